The van der Waals surface area contributed by atoms with Gasteiger partial charge >= 0.3 is 0 Å². The molecule has 114 valence electrons. The maximum absolute atomic E-state index is 6.06. The highest BCUT2D eigenvalue weighted by molar-refractivity contribution is 5.74. The number of ether oxygens (including phenoxy) is 1. The van der Waals surface area contributed by atoms with E-state index in [4.69, 9.17) is 10.5 Å². The Kier molecular flexibility index (Phi) is 3.99. The Hall–Kier alpha value is -1.78. The summed E-state index contributed by atoms with van der Waals surface area (Å²) < 4.78 is 7.23. The van der Waals surface area contributed by atoms with Crippen molar-refractivity contribution in [2.24, 2.45) is 11.8 Å². The average molecular weight is 288 g/mol. The van der Waals surface area contributed by atoms with E-state index in [-0.39, 0.29) is 0 Å². The number of hydrogen-bond donors (Lipinski definition) is 1. The van der Waals surface area contributed by atoms with Crippen molar-refractivity contribution >= 4 is 17.1 Å². The van der Waals surface area contributed by atoms with Crippen LogP contribution in [0.2, 0.25) is 0 Å². The molecule has 1 fully saturated rings. The van der Waals surface area contributed by atoms with Crippen LogP contribution in [0, 0.1) is 11.8 Å². The lowest BCUT2D eigenvalue weighted by Crippen LogP contribution is -2.16. The van der Waals surface area contributed by atoms with Gasteiger partial charge in [-0.1, -0.05) is 26.2 Å². The Morgan fingerprint density at radius 2 is 2.19 bits per heavy atom. The van der Waals surface area contributed by atoms with Crippen molar-refractivity contribution in [3.63, 3.8) is 0 Å². The molecular formula is C16H24N4O. The molecule has 0 aliphatic heterocycles. The first-order chi connectivity index (χ1) is 10.2. The van der Waals surface area contributed by atoms with Crippen LogP contribution in [0.1, 0.15) is 39.0 Å². The zero-order valence-electron chi connectivity index (χ0n) is 12.9. The van der Waals surface area contributed by atoms with E-state index in [1.54, 1.807) is 7.11 Å². The van der Waals surface area contributed by atoms with Crippen LogP contribution >= 0.6 is 0 Å². The molecule has 0 bridgehead atoms. The zero-order chi connectivity index (χ0) is 14.8. The van der Waals surface area contributed by atoms with Gasteiger partial charge in [-0.25, -0.2) is 4.98 Å². The number of rotatable bonds is 4. The summed E-state index contributed by atoms with van der Waals surface area (Å²) in [5.41, 5.74) is 7.73. The summed E-state index contributed by atoms with van der Waals surface area (Å²) in [7, 11) is 1.63. The molecule has 1 aliphatic carbocycles. The van der Waals surface area contributed by atoms with E-state index in [0.29, 0.717) is 11.8 Å². The van der Waals surface area contributed by atoms with Gasteiger partial charge in [0.05, 0.1) is 7.11 Å². The molecule has 2 heterocycles. The van der Waals surface area contributed by atoms with Crippen LogP contribution in [0.15, 0.2) is 12.1 Å². The number of anilines is 1. The molecule has 5 nitrogen and oxygen atoms in total. The fourth-order valence-electron chi connectivity index (χ4n) is 3.47. The van der Waals surface area contributed by atoms with Gasteiger partial charge in [0.25, 0.3) is 0 Å². The van der Waals surface area contributed by atoms with Gasteiger partial charge < -0.3 is 10.5 Å². The van der Waals surface area contributed by atoms with Crippen LogP contribution in [0.3, 0.4) is 0 Å². The van der Waals surface area contributed by atoms with E-state index in [9.17, 15) is 0 Å². The van der Waals surface area contributed by atoms with Gasteiger partial charge in [-0.3, -0.25) is 4.57 Å². The quantitative estimate of drug-likeness (QED) is 0.938. The maximum atomic E-state index is 6.06. The van der Waals surface area contributed by atoms with Crippen molar-refractivity contribution in [1.29, 1.82) is 0 Å². The highest BCUT2D eigenvalue weighted by Crippen LogP contribution is 2.31. The Labute approximate surface area is 125 Å². The summed E-state index contributed by atoms with van der Waals surface area (Å²) in [4.78, 5) is 8.88. The molecule has 1 aliphatic rings. The third-order valence-electron chi connectivity index (χ3n) is 4.61. The molecule has 21 heavy (non-hydrogen) atoms. The summed E-state index contributed by atoms with van der Waals surface area (Å²) >= 11 is 0. The van der Waals surface area contributed by atoms with Crippen molar-refractivity contribution in [1.82, 2.24) is 14.5 Å². The number of aromatic nitrogens is 3. The predicted octanol–water partition coefficient (Wildman–Crippen LogP) is 3.24. The van der Waals surface area contributed by atoms with Crippen molar-refractivity contribution in [3.8, 4) is 5.88 Å². The van der Waals surface area contributed by atoms with Crippen LogP contribution < -0.4 is 10.5 Å². The second kappa shape index (κ2) is 5.92. The van der Waals surface area contributed by atoms with Gasteiger partial charge in [0.15, 0.2) is 5.65 Å². The van der Waals surface area contributed by atoms with Crippen LogP contribution in [-0.4, -0.2) is 21.6 Å². The smallest absolute Gasteiger partial charge is 0.215 e. The van der Waals surface area contributed by atoms with E-state index in [1.165, 1.54) is 25.7 Å². The van der Waals surface area contributed by atoms with Gasteiger partial charge in [0, 0.05) is 12.6 Å². The molecule has 1 saturated carbocycles. The summed E-state index contributed by atoms with van der Waals surface area (Å²) in [5.74, 6) is 2.82. The van der Waals surface area contributed by atoms with E-state index in [2.05, 4.69) is 16.9 Å². The lowest BCUT2D eigenvalue weighted by Gasteiger charge is -2.26. The lowest BCUT2D eigenvalue weighted by atomic mass is 9.81. The Balaban J connectivity index is 1.78. The minimum Gasteiger partial charge on any atom is -0.481 e. The Morgan fingerprint density at radius 1 is 1.33 bits per heavy atom. The molecule has 2 aromatic heterocycles. The molecule has 2 N–H and O–H groups in total. The Morgan fingerprint density at radius 3 is 2.95 bits per heavy atom. The molecule has 2 unspecified atom stereocenters. The van der Waals surface area contributed by atoms with E-state index < -0.39 is 0 Å². The fourth-order valence-corrected chi connectivity index (χ4v) is 3.47. The van der Waals surface area contributed by atoms with Crippen LogP contribution in [-0.2, 0) is 6.54 Å². The van der Waals surface area contributed by atoms with Gasteiger partial charge in [-0.2, -0.15) is 4.98 Å². The van der Waals surface area contributed by atoms with Crippen LogP contribution in [0.5, 0.6) is 5.88 Å². The third-order valence-corrected chi connectivity index (χ3v) is 4.61. The maximum Gasteiger partial charge on any atom is 0.215 e. The van der Waals surface area contributed by atoms with Crippen LogP contribution in [0.25, 0.3) is 11.2 Å². The number of nitrogen functional groups attached to an aromatic ring is 1. The lowest BCUT2D eigenvalue weighted by molar-refractivity contribution is 0.262. The van der Waals surface area contributed by atoms with Gasteiger partial charge in [-0.05, 0) is 30.7 Å². The molecule has 5 heteroatoms. The summed E-state index contributed by atoms with van der Waals surface area (Å²) in [6.07, 6.45) is 6.57. The number of hydrogen-bond acceptors (Lipinski definition) is 4. The molecule has 3 rings (SSSR count). The second-order valence-electron chi connectivity index (χ2n) is 6.24. The molecule has 0 amide bonds. The Bertz CT molecular complexity index is 622. The number of nitrogens with zero attached hydrogens (tertiary/aromatic N) is 3. The molecule has 0 radical (unpaired) electrons. The largest absolute Gasteiger partial charge is 0.481 e. The first-order valence-electron chi connectivity index (χ1n) is 7.84. The molecule has 2 aromatic rings. The molecule has 0 spiro atoms. The van der Waals surface area contributed by atoms with E-state index in [1.807, 2.05) is 16.7 Å². The highest BCUT2D eigenvalue weighted by atomic mass is 16.5. The molecule has 0 saturated heterocycles. The summed E-state index contributed by atoms with van der Waals surface area (Å²) in [5, 5.41) is 0. The number of imidazole rings is 1. The minimum atomic E-state index is 0.551. The normalized spacial score (nSPS) is 22.6. The SMILES string of the molecule is COc1ccc2nc(N)n(CCC3CCCC(C)C3)c2n1. The van der Waals surface area contributed by atoms with Crippen molar-refractivity contribution < 1.29 is 4.74 Å². The number of methoxy groups -OCH3 is 1. The van der Waals surface area contributed by atoms with Crippen molar-refractivity contribution in [2.75, 3.05) is 12.8 Å². The topological polar surface area (TPSA) is 66.0 Å². The number of fused-ring (bicyclic) bond motifs is 1. The van der Waals surface area contributed by atoms with Crippen molar-refractivity contribution in [3.05, 3.63) is 12.1 Å². The predicted molar refractivity (Wildman–Crippen MR) is 84.2 cm³/mol. The van der Waals surface area contributed by atoms with Gasteiger partial charge in [-0.15, -0.1) is 0 Å². The van der Waals surface area contributed by atoms with E-state index in [0.717, 1.165) is 36.0 Å². The molecule has 0 aromatic carbocycles. The summed E-state index contributed by atoms with van der Waals surface area (Å²) in [6, 6.07) is 3.73. The average Bonchev–Trinajstić information content (AvgIpc) is 2.79. The monoisotopic (exact) mass is 288 g/mol. The molecular weight excluding hydrogens is 264 g/mol. The third kappa shape index (κ3) is 2.96. The standard InChI is InChI=1S/C16H24N4O/c1-11-4-3-5-12(10-11)8-9-20-15-13(18-16(20)17)6-7-14(19-15)21-2/h6-7,11-12H,3-5,8-10H2,1-2H3,(H2,17,18). The zero-order valence-corrected chi connectivity index (χ0v) is 12.9. The second-order valence-corrected chi connectivity index (χ2v) is 6.24. The first-order valence-corrected chi connectivity index (χ1v) is 7.84. The van der Waals surface area contributed by atoms with E-state index >= 15 is 0 Å². The number of aryl methyl sites for hydroxylation is 1. The minimum absolute atomic E-state index is 0.551. The highest BCUT2D eigenvalue weighted by Gasteiger charge is 2.19. The van der Waals surface area contributed by atoms with Gasteiger partial charge in [0.2, 0.25) is 11.8 Å². The van der Waals surface area contributed by atoms with Crippen molar-refractivity contribution in [2.45, 2.75) is 45.6 Å². The first kappa shape index (κ1) is 14.2. The van der Waals surface area contributed by atoms with Crippen LogP contribution in [0.4, 0.5) is 5.95 Å². The van der Waals surface area contributed by atoms with Gasteiger partial charge in [0.1, 0.15) is 5.52 Å². The summed E-state index contributed by atoms with van der Waals surface area (Å²) in [6.45, 7) is 3.25. The number of pyridine rings is 1. The molecule has 2 atom stereocenters. The number of nitrogens with two attached hydrogens (primary N) is 1. The fraction of sp³-hybridized carbons (Fsp3) is 0.625.